The van der Waals surface area contributed by atoms with Gasteiger partial charge in [-0.05, 0) is 6.08 Å². The Morgan fingerprint density at radius 2 is 1.91 bits per heavy atom. The summed E-state index contributed by atoms with van der Waals surface area (Å²) in [5.41, 5.74) is 0. The average Bonchev–Trinajstić information content (AvgIpc) is 1.81. The molecule has 0 saturated carbocycles. The second kappa shape index (κ2) is 5.33. The first-order valence-electron chi connectivity index (χ1n) is 3.41. The lowest BCUT2D eigenvalue weighted by Crippen LogP contribution is -3.00. The molecule has 66 valence electrons. The van der Waals surface area contributed by atoms with Crippen LogP contribution in [0.1, 0.15) is 6.42 Å². The molecule has 0 saturated heterocycles. The maximum Gasteiger partial charge on any atom is 0.160 e. The summed E-state index contributed by atoms with van der Waals surface area (Å²) < 4.78 is 0.833. The van der Waals surface area contributed by atoms with Gasteiger partial charge in [-0.3, -0.25) is 4.79 Å². The Morgan fingerprint density at radius 1 is 1.45 bits per heavy atom. The van der Waals surface area contributed by atoms with Crippen LogP contribution in [0.15, 0.2) is 12.7 Å². The normalized spacial score (nSPS) is 10.1. The molecule has 0 aliphatic heterocycles. The fourth-order valence-electron chi connectivity index (χ4n) is 0.548. The van der Waals surface area contributed by atoms with Gasteiger partial charge >= 0.3 is 0 Å². The van der Waals surface area contributed by atoms with Gasteiger partial charge in [0.1, 0.15) is 0 Å². The summed E-state index contributed by atoms with van der Waals surface area (Å²) in [4.78, 5) is 10.7. The third kappa shape index (κ3) is 9.66. The van der Waals surface area contributed by atoms with Gasteiger partial charge in [0.2, 0.25) is 0 Å². The molecular formula is C8H16ClNO. The van der Waals surface area contributed by atoms with E-state index in [0.29, 0.717) is 6.42 Å². The molecule has 0 rings (SSSR count). The fraction of sp³-hybridized carbons (Fsp3) is 0.625. The van der Waals surface area contributed by atoms with Crippen molar-refractivity contribution in [2.75, 3.05) is 27.7 Å². The minimum atomic E-state index is 0. The van der Waals surface area contributed by atoms with Gasteiger partial charge in [-0.1, -0.05) is 6.58 Å². The lowest BCUT2D eigenvalue weighted by atomic mass is 10.2. The zero-order valence-electron chi connectivity index (χ0n) is 7.43. The number of rotatable bonds is 4. The minimum Gasteiger partial charge on any atom is -1.00 e. The monoisotopic (exact) mass is 177 g/mol. The van der Waals surface area contributed by atoms with Gasteiger partial charge in [-0.15, -0.1) is 0 Å². The number of hydrogen-bond donors (Lipinski definition) is 0. The summed E-state index contributed by atoms with van der Waals surface area (Å²) in [6.07, 6.45) is 1.99. The number of hydrogen-bond acceptors (Lipinski definition) is 1. The van der Waals surface area contributed by atoms with Crippen LogP contribution in [0, 0.1) is 0 Å². The number of quaternary nitrogens is 1. The van der Waals surface area contributed by atoms with Crippen LogP contribution in [0.3, 0.4) is 0 Å². The Hall–Kier alpha value is -0.340. The molecule has 0 unspecified atom stereocenters. The van der Waals surface area contributed by atoms with Gasteiger partial charge in [0.05, 0.1) is 34.1 Å². The van der Waals surface area contributed by atoms with E-state index in [-0.39, 0.29) is 18.2 Å². The van der Waals surface area contributed by atoms with Crippen molar-refractivity contribution >= 4 is 5.78 Å². The van der Waals surface area contributed by atoms with Crippen molar-refractivity contribution in [1.82, 2.24) is 0 Å². The van der Waals surface area contributed by atoms with Crippen molar-refractivity contribution < 1.29 is 21.7 Å². The molecule has 0 aromatic heterocycles. The van der Waals surface area contributed by atoms with Crippen molar-refractivity contribution in [3.05, 3.63) is 12.7 Å². The summed E-state index contributed by atoms with van der Waals surface area (Å²) >= 11 is 0. The van der Waals surface area contributed by atoms with Gasteiger partial charge in [-0.2, -0.15) is 0 Å². The first-order valence-corrected chi connectivity index (χ1v) is 3.41. The summed E-state index contributed by atoms with van der Waals surface area (Å²) in [6, 6.07) is 0. The first kappa shape index (κ1) is 13.3. The third-order valence-electron chi connectivity index (χ3n) is 1.26. The van der Waals surface area contributed by atoms with Gasteiger partial charge in [0.25, 0.3) is 0 Å². The van der Waals surface area contributed by atoms with E-state index in [0.717, 1.165) is 11.0 Å². The van der Waals surface area contributed by atoms with E-state index >= 15 is 0 Å². The maximum absolute atomic E-state index is 10.7. The predicted molar refractivity (Wildman–Crippen MR) is 42.7 cm³/mol. The van der Waals surface area contributed by atoms with E-state index in [9.17, 15) is 4.79 Å². The maximum atomic E-state index is 10.7. The smallest absolute Gasteiger partial charge is 0.160 e. The molecule has 0 atom stereocenters. The predicted octanol–water partition coefficient (Wildman–Crippen LogP) is -2.16. The standard InChI is InChI=1S/C8H16NO.ClH/c1-5-8(10)6-7-9(2,3)4;/h5H,1,6-7H2,2-4H3;1H/q+1;/p-1. The van der Waals surface area contributed by atoms with Crippen molar-refractivity contribution in [2.45, 2.75) is 6.42 Å². The lowest BCUT2D eigenvalue weighted by molar-refractivity contribution is -0.869. The van der Waals surface area contributed by atoms with Crippen LogP contribution in [0.4, 0.5) is 0 Å². The van der Waals surface area contributed by atoms with E-state index in [4.69, 9.17) is 0 Å². The van der Waals surface area contributed by atoms with E-state index in [1.807, 2.05) is 0 Å². The number of halogens is 1. The van der Waals surface area contributed by atoms with Crippen LogP contribution in [0.5, 0.6) is 0 Å². The third-order valence-corrected chi connectivity index (χ3v) is 1.26. The first-order chi connectivity index (χ1) is 4.45. The quantitative estimate of drug-likeness (QED) is 0.353. The molecule has 0 radical (unpaired) electrons. The van der Waals surface area contributed by atoms with Crippen LogP contribution in [0.2, 0.25) is 0 Å². The van der Waals surface area contributed by atoms with Gasteiger partial charge < -0.3 is 16.9 Å². The van der Waals surface area contributed by atoms with Crippen molar-refractivity contribution in [2.24, 2.45) is 0 Å². The van der Waals surface area contributed by atoms with Crippen LogP contribution < -0.4 is 12.4 Å². The highest BCUT2D eigenvalue weighted by molar-refractivity contribution is 5.89. The highest BCUT2D eigenvalue weighted by Gasteiger charge is 2.07. The van der Waals surface area contributed by atoms with Crippen molar-refractivity contribution in [1.29, 1.82) is 0 Å². The Balaban J connectivity index is 0. The number of nitrogens with zero attached hydrogens (tertiary/aromatic N) is 1. The SMILES string of the molecule is C=CC(=O)CC[N+](C)(C)C.[Cl-]. The number of carbonyl (C=O) groups is 1. The largest absolute Gasteiger partial charge is 1.00 e. The highest BCUT2D eigenvalue weighted by atomic mass is 35.5. The molecular weight excluding hydrogens is 162 g/mol. The summed E-state index contributed by atoms with van der Waals surface area (Å²) in [5.74, 6) is 0.132. The van der Waals surface area contributed by atoms with Crippen LogP contribution >= 0.6 is 0 Å². The Kier molecular flexibility index (Phi) is 6.43. The van der Waals surface area contributed by atoms with Gasteiger partial charge in [-0.25, -0.2) is 0 Å². The molecule has 3 heteroatoms. The molecule has 0 spiro atoms. The lowest BCUT2D eigenvalue weighted by Gasteiger charge is -2.22. The fourth-order valence-corrected chi connectivity index (χ4v) is 0.548. The molecule has 0 bridgehead atoms. The van der Waals surface area contributed by atoms with Gasteiger partial charge in [0.15, 0.2) is 5.78 Å². The molecule has 0 fully saturated rings. The van der Waals surface area contributed by atoms with E-state index < -0.39 is 0 Å². The second-order valence-corrected chi connectivity index (χ2v) is 3.43. The highest BCUT2D eigenvalue weighted by Crippen LogP contribution is 1.94. The second-order valence-electron chi connectivity index (χ2n) is 3.43. The molecule has 0 aromatic rings. The van der Waals surface area contributed by atoms with Gasteiger partial charge in [0, 0.05) is 0 Å². The van der Waals surface area contributed by atoms with Crippen molar-refractivity contribution in [3.8, 4) is 0 Å². The summed E-state index contributed by atoms with van der Waals surface area (Å²) in [7, 11) is 6.20. The number of ketones is 1. The Morgan fingerprint density at radius 3 is 2.18 bits per heavy atom. The molecule has 2 nitrogen and oxygen atoms in total. The molecule has 0 amide bonds. The topological polar surface area (TPSA) is 17.1 Å². The van der Waals surface area contributed by atoms with E-state index in [1.165, 1.54) is 6.08 Å². The Bertz CT molecular complexity index is 138. The van der Waals surface area contributed by atoms with E-state index in [1.54, 1.807) is 0 Å². The molecule has 11 heavy (non-hydrogen) atoms. The molecule has 0 aliphatic rings. The minimum absolute atomic E-state index is 0. The average molecular weight is 178 g/mol. The summed E-state index contributed by atoms with van der Waals surface area (Å²) in [6.45, 7) is 4.28. The summed E-state index contributed by atoms with van der Waals surface area (Å²) in [5, 5.41) is 0. The molecule has 0 N–H and O–H groups in total. The molecule has 0 aliphatic carbocycles. The van der Waals surface area contributed by atoms with Crippen LogP contribution in [0.25, 0.3) is 0 Å². The van der Waals surface area contributed by atoms with E-state index in [2.05, 4.69) is 27.7 Å². The number of carbonyl (C=O) groups excluding carboxylic acids is 1. The zero-order valence-corrected chi connectivity index (χ0v) is 8.19. The zero-order chi connectivity index (χ0) is 8.20. The van der Waals surface area contributed by atoms with Crippen LogP contribution in [-0.4, -0.2) is 38.0 Å². The van der Waals surface area contributed by atoms with Crippen LogP contribution in [-0.2, 0) is 4.79 Å². The Labute approximate surface area is 74.9 Å². The molecule has 0 heterocycles. The van der Waals surface area contributed by atoms with Crippen molar-refractivity contribution in [3.63, 3.8) is 0 Å². The number of allylic oxidation sites excluding steroid dienone is 1. The molecule has 0 aromatic carbocycles.